The predicted molar refractivity (Wildman–Crippen MR) is 96.7 cm³/mol. The molecule has 1 aliphatic heterocycles. The lowest BCUT2D eigenvalue weighted by Crippen LogP contribution is -2.15. The average Bonchev–Trinajstić information content (AvgIpc) is 3.20. The molecule has 0 fully saturated rings. The Labute approximate surface area is 148 Å². The Balaban J connectivity index is 1.78. The molecule has 4 rings (SSSR count). The number of H-pyrrole nitrogens is 1. The zero-order valence-electron chi connectivity index (χ0n) is 13.8. The van der Waals surface area contributed by atoms with Gasteiger partial charge in [-0.15, -0.1) is 11.8 Å². The fourth-order valence-corrected chi connectivity index (χ4v) is 4.06. The second-order valence-electron chi connectivity index (χ2n) is 5.74. The first-order valence-corrected chi connectivity index (χ1v) is 8.83. The fraction of sp³-hybridized carbons (Fsp3) is 0.235. The minimum Gasteiger partial charge on any atom is -0.497 e. The predicted octanol–water partition coefficient (Wildman–Crippen LogP) is 2.59. The van der Waals surface area contributed by atoms with Gasteiger partial charge >= 0.3 is 0 Å². The third kappa shape index (κ3) is 2.78. The molecule has 0 bridgehead atoms. The van der Waals surface area contributed by atoms with Gasteiger partial charge in [0.25, 0.3) is 0 Å². The van der Waals surface area contributed by atoms with Crippen LogP contribution in [0.5, 0.6) is 5.75 Å². The largest absolute Gasteiger partial charge is 0.497 e. The molecule has 128 valence electrons. The van der Waals surface area contributed by atoms with Crippen molar-refractivity contribution < 1.29 is 9.53 Å². The van der Waals surface area contributed by atoms with E-state index in [1.54, 1.807) is 23.6 Å². The van der Waals surface area contributed by atoms with Gasteiger partial charge in [-0.25, -0.2) is 0 Å². The van der Waals surface area contributed by atoms with E-state index >= 15 is 0 Å². The number of anilines is 1. The Morgan fingerprint density at radius 2 is 2.04 bits per heavy atom. The first-order valence-electron chi connectivity index (χ1n) is 7.78. The van der Waals surface area contributed by atoms with E-state index in [1.165, 1.54) is 0 Å². The molecule has 0 radical (unpaired) electrons. The number of aromatic nitrogens is 4. The molecule has 25 heavy (non-hydrogen) atoms. The van der Waals surface area contributed by atoms with Gasteiger partial charge < -0.3 is 10.1 Å². The van der Waals surface area contributed by atoms with Gasteiger partial charge in [-0.3, -0.25) is 14.6 Å². The number of hydrogen-bond acceptors (Lipinski definition) is 5. The number of fused-ring (bicyclic) bond motifs is 1. The van der Waals surface area contributed by atoms with Crippen molar-refractivity contribution in [2.24, 2.45) is 7.05 Å². The minimum absolute atomic E-state index is 0.0214. The van der Waals surface area contributed by atoms with Gasteiger partial charge in [-0.05, 0) is 24.3 Å². The molecule has 7 nitrogen and oxygen atoms in total. The first-order chi connectivity index (χ1) is 12.2. The van der Waals surface area contributed by atoms with Crippen LogP contribution in [0.15, 0.2) is 36.7 Å². The van der Waals surface area contributed by atoms with Crippen LogP contribution in [0, 0.1) is 0 Å². The van der Waals surface area contributed by atoms with Crippen molar-refractivity contribution in [3.63, 3.8) is 0 Å². The number of benzene rings is 1. The number of carbonyl (C=O) groups excluding carboxylic acids is 1. The van der Waals surface area contributed by atoms with E-state index in [2.05, 4.69) is 20.6 Å². The lowest BCUT2D eigenvalue weighted by Gasteiger charge is -2.14. The molecular weight excluding hydrogens is 338 g/mol. The van der Waals surface area contributed by atoms with Crippen LogP contribution in [-0.2, 0) is 11.8 Å². The summed E-state index contributed by atoms with van der Waals surface area (Å²) in [6, 6.07) is 7.82. The molecule has 0 spiro atoms. The molecular formula is C17H17N5O2S. The van der Waals surface area contributed by atoms with Gasteiger partial charge in [0, 0.05) is 23.7 Å². The minimum atomic E-state index is -0.0292. The van der Waals surface area contributed by atoms with Gasteiger partial charge in [0.15, 0.2) is 0 Å². The van der Waals surface area contributed by atoms with Gasteiger partial charge in [-0.1, -0.05) is 0 Å². The van der Waals surface area contributed by atoms with Crippen molar-refractivity contribution in [1.29, 1.82) is 0 Å². The Kier molecular flexibility index (Phi) is 3.96. The molecule has 1 aromatic carbocycles. The lowest BCUT2D eigenvalue weighted by molar-refractivity contribution is -0.113. The number of rotatable bonds is 3. The number of nitrogens with zero attached hydrogens (tertiary/aromatic N) is 3. The topological polar surface area (TPSA) is 84.8 Å². The Morgan fingerprint density at radius 1 is 1.24 bits per heavy atom. The fourth-order valence-electron chi connectivity index (χ4n) is 2.96. The van der Waals surface area contributed by atoms with E-state index in [4.69, 9.17) is 4.74 Å². The molecule has 0 saturated carbocycles. The van der Waals surface area contributed by atoms with Crippen molar-refractivity contribution in [3.8, 4) is 17.0 Å². The number of hydrogen-bond donors (Lipinski definition) is 2. The van der Waals surface area contributed by atoms with E-state index < -0.39 is 0 Å². The molecule has 3 heterocycles. The van der Waals surface area contributed by atoms with Crippen molar-refractivity contribution in [3.05, 3.63) is 47.8 Å². The standard InChI is InChI=1S/C17H17N5O2S/c1-22-17-13(8-19-22)16(25-9-14(23)20-17)12-7-18-21-15(12)10-3-5-11(24-2)6-4-10/h3-8,16H,9H2,1-2H3,(H,18,21)(H,20,23)/t16-/m1/s1. The average molecular weight is 355 g/mol. The van der Waals surface area contributed by atoms with Crippen molar-refractivity contribution >= 4 is 23.5 Å². The maximum absolute atomic E-state index is 12.0. The maximum Gasteiger partial charge on any atom is 0.235 e. The Morgan fingerprint density at radius 3 is 2.80 bits per heavy atom. The van der Waals surface area contributed by atoms with Crippen molar-refractivity contribution in [2.75, 3.05) is 18.2 Å². The summed E-state index contributed by atoms with van der Waals surface area (Å²) >= 11 is 1.57. The van der Waals surface area contributed by atoms with Crippen molar-refractivity contribution in [2.45, 2.75) is 5.25 Å². The molecule has 1 amide bonds. The van der Waals surface area contributed by atoms with E-state index in [-0.39, 0.29) is 11.2 Å². The number of aromatic amines is 1. The highest BCUT2D eigenvalue weighted by molar-refractivity contribution is 8.00. The van der Waals surface area contributed by atoms with Crippen LogP contribution < -0.4 is 10.1 Å². The SMILES string of the molecule is COc1ccc(-c2[nH]ncc2[C@H]2SCC(=O)Nc3c2cnn3C)cc1. The summed E-state index contributed by atoms with van der Waals surface area (Å²) in [4.78, 5) is 12.0. The number of nitrogens with one attached hydrogen (secondary N) is 2. The van der Waals surface area contributed by atoms with E-state index in [1.807, 2.05) is 43.7 Å². The maximum atomic E-state index is 12.0. The molecule has 0 saturated heterocycles. The number of thioether (sulfide) groups is 1. The number of amides is 1. The lowest BCUT2D eigenvalue weighted by atomic mass is 10.0. The highest BCUT2D eigenvalue weighted by Crippen LogP contribution is 2.44. The molecule has 2 aromatic heterocycles. The Bertz CT molecular complexity index is 916. The van der Waals surface area contributed by atoms with Crippen LogP contribution >= 0.6 is 11.8 Å². The number of ether oxygens (including phenoxy) is 1. The summed E-state index contributed by atoms with van der Waals surface area (Å²) in [7, 11) is 3.47. The van der Waals surface area contributed by atoms with Crippen molar-refractivity contribution in [1.82, 2.24) is 20.0 Å². The van der Waals surface area contributed by atoms with Crippen LogP contribution in [0.4, 0.5) is 5.82 Å². The summed E-state index contributed by atoms with van der Waals surface area (Å²) in [5.74, 6) is 1.90. The summed E-state index contributed by atoms with van der Waals surface area (Å²) in [5.41, 5.74) is 3.96. The van der Waals surface area contributed by atoms with E-state index in [0.717, 1.165) is 34.0 Å². The second kappa shape index (κ2) is 6.29. The zero-order valence-corrected chi connectivity index (χ0v) is 14.6. The van der Waals surface area contributed by atoms with Crippen LogP contribution in [0.2, 0.25) is 0 Å². The summed E-state index contributed by atoms with van der Waals surface area (Å²) in [6.07, 6.45) is 3.63. The normalized spacial score (nSPS) is 16.9. The van der Waals surface area contributed by atoms with Gasteiger partial charge in [-0.2, -0.15) is 10.2 Å². The highest BCUT2D eigenvalue weighted by atomic mass is 32.2. The van der Waals surface area contributed by atoms with E-state index in [0.29, 0.717) is 5.75 Å². The molecule has 3 aromatic rings. The molecule has 0 aliphatic carbocycles. The van der Waals surface area contributed by atoms with Crippen LogP contribution in [0.3, 0.4) is 0 Å². The van der Waals surface area contributed by atoms with Gasteiger partial charge in [0.1, 0.15) is 11.6 Å². The van der Waals surface area contributed by atoms with Crippen LogP contribution in [0.1, 0.15) is 16.4 Å². The molecule has 0 unspecified atom stereocenters. The highest BCUT2D eigenvalue weighted by Gasteiger charge is 2.29. The number of aryl methyl sites for hydroxylation is 1. The smallest absolute Gasteiger partial charge is 0.235 e. The zero-order chi connectivity index (χ0) is 17.4. The van der Waals surface area contributed by atoms with Gasteiger partial charge in [0.05, 0.1) is 36.2 Å². The number of carbonyl (C=O) groups is 1. The first kappa shape index (κ1) is 15.8. The number of methoxy groups -OCH3 is 1. The molecule has 8 heteroatoms. The third-order valence-electron chi connectivity index (χ3n) is 4.22. The molecule has 1 aliphatic rings. The summed E-state index contributed by atoms with van der Waals surface area (Å²) < 4.78 is 6.92. The quantitative estimate of drug-likeness (QED) is 0.754. The second-order valence-corrected chi connectivity index (χ2v) is 6.83. The summed E-state index contributed by atoms with van der Waals surface area (Å²) in [5, 5.41) is 14.5. The molecule has 2 N–H and O–H groups in total. The third-order valence-corrected chi connectivity index (χ3v) is 5.49. The van der Waals surface area contributed by atoms with Gasteiger partial charge in [0.2, 0.25) is 5.91 Å². The Hall–Kier alpha value is -2.74. The van der Waals surface area contributed by atoms with E-state index in [9.17, 15) is 4.79 Å². The summed E-state index contributed by atoms with van der Waals surface area (Å²) in [6.45, 7) is 0. The molecule has 1 atom stereocenters. The van der Waals surface area contributed by atoms with Crippen LogP contribution in [0.25, 0.3) is 11.3 Å². The monoisotopic (exact) mass is 355 g/mol. The van der Waals surface area contributed by atoms with Crippen LogP contribution in [-0.4, -0.2) is 38.7 Å².